The van der Waals surface area contributed by atoms with Gasteiger partial charge in [0.25, 0.3) is 5.56 Å². The van der Waals surface area contributed by atoms with Gasteiger partial charge in [0.15, 0.2) is 35.6 Å². The summed E-state index contributed by atoms with van der Waals surface area (Å²) >= 11 is 7.82. The zero-order chi connectivity index (χ0) is 31.3. The molecule has 25 heteroatoms. The third-order valence-corrected chi connectivity index (χ3v) is 9.35. The summed E-state index contributed by atoms with van der Waals surface area (Å²) < 4.78 is 71.3. The number of fused-ring (bicyclic) bond motifs is 2. The van der Waals surface area contributed by atoms with Gasteiger partial charge in [-0.05, 0) is 0 Å². The number of aromatic nitrogens is 7. The molecular formula is C19H26FN11O9P2S2. The third-order valence-electron chi connectivity index (χ3n) is 6.92. The summed E-state index contributed by atoms with van der Waals surface area (Å²) in [5.41, 5.74) is 11.3. The molecule has 0 bridgehead atoms. The van der Waals surface area contributed by atoms with Crippen LogP contribution in [0.3, 0.4) is 0 Å². The van der Waals surface area contributed by atoms with Crippen LogP contribution in [0.15, 0.2) is 16.1 Å². The van der Waals surface area contributed by atoms with E-state index in [0.29, 0.717) is 0 Å². The fraction of sp³-hybridized carbons (Fsp3) is 0.579. The number of nitrogens with one attached hydrogen (secondary N) is 2. The number of anilines is 1. The molecule has 3 aliphatic rings. The molecule has 0 radical (unpaired) electrons. The van der Waals surface area contributed by atoms with Gasteiger partial charge < -0.3 is 35.9 Å². The first-order valence-electron chi connectivity index (χ1n) is 12.8. The largest absolute Gasteiger partial charge is 0.394 e. The molecule has 0 spiro atoms. The van der Waals surface area contributed by atoms with Crippen molar-refractivity contribution >= 4 is 67.8 Å². The first-order valence-corrected chi connectivity index (χ1v) is 18.1. The van der Waals surface area contributed by atoms with Crippen molar-refractivity contribution < 1.29 is 41.7 Å². The van der Waals surface area contributed by atoms with Gasteiger partial charge in [-0.3, -0.25) is 28.0 Å². The number of hydrogen-bond donors (Lipinski definition) is 7. The highest BCUT2D eigenvalue weighted by Crippen LogP contribution is 2.57. The number of ether oxygens (including phenoxy) is 2. The Balaban J connectivity index is 1.19. The van der Waals surface area contributed by atoms with E-state index in [1.807, 2.05) is 0 Å². The monoisotopic (exact) mass is 697 g/mol. The van der Waals surface area contributed by atoms with Crippen LogP contribution < -0.4 is 22.3 Å². The van der Waals surface area contributed by atoms with Crippen LogP contribution >= 0.6 is 38.5 Å². The Labute approximate surface area is 256 Å². The number of aromatic amines is 1. The minimum atomic E-state index is -4.28. The van der Waals surface area contributed by atoms with Crippen molar-refractivity contribution in [3.63, 3.8) is 0 Å². The highest BCUT2D eigenvalue weighted by Gasteiger charge is 2.50. The molecule has 7 N–H and O–H groups in total. The fourth-order valence-electron chi connectivity index (χ4n) is 5.01. The predicted molar refractivity (Wildman–Crippen MR) is 155 cm³/mol. The molecule has 6 rings (SSSR count). The van der Waals surface area contributed by atoms with Gasteiger partial charge in [0, 0.05) is 6.42 Å². The quantitative estimate of drug-likeness (QED) is 0.107. The molecule has 3 aliphatic heterocycles. The van der Waals surface area contributed by atoms with E-state index >= 15 is 4.39 Å². The molecule has 3 aromatic heterocycles. The Bertz CT molecular complexity index is 1710. The molecule has 6 heterocycles. The minimum Gasteiger partial charge on any atom is -0.394 e. The van der Waals surface area contributed by atoms with Gasteiger partial charge in [-0.2, -0.15) is 9.67 Å². The number of H-pyrrole nitrogens is 1. The van der Waals surface area contributed by atoms with Gasteiger partial charge in [-0.1, -0.05) is 29.7 Å². The van der Waals surface area contributed by atoms with E-state index in [0.717, 1.165) is 4.68 Å². The van der Waals surface area contributed by atoms with E-state index in [9.17, 15) is 19.0 Å². The number of alkyl halides is 1. The number of aliphatic hydroxyl groups excluding tert-OH is 1. The molecule has 20 nitrogen and oxygen atoms in total. The number of aliphatic hydroxyl groups is 1. The number of nitrogen functional groups attached to an aromatic ring is 1. The van der Waals surface area contributed by atoms with Gasteiger partial charge in [0.1, 0.15) is 30.2 Å². The highest BCUT2D eigenvalue weighted by atomic mass is 32.7. The van der Waals surface area contributed by atoms with E-state index in [2.05, 4.69) is 60.1 Å². The van der Waals surface area contributed by atoms with Gasteiger partial charge in [0.2, 0.25) is 13.2 Å². The van der Waals surface area contributed by atoms with E-state index in [-0.39, 0.29) is 35.0 Å². The second kappa shape index (κ2) is 12.4. The summed E-state index contributed by atoms with van der Waals surface area (Å²) in [6.45, 7) is -5.29. The lowest BCUT2D eigenvalue weighted by Crippen LogP contribution is -2.33. The lowest BCUT2D eigenvalue weighted by atomic mass is 10.1. The Morgan fingerprint density at radius 3 is 2.89 bits per heavy atom. The van der Waals surface area contributed by atoms with E-state index in [1.54, 1.807) is 0 Å². The molecule has 3 aromatic rings. The van der Waals surface area contributed by atoms with Crippen LogP contribution in [0, 0.1) is 0 Å². The maximum Gasteiger partial charge on any atom is 0.386 e. The number of rotatable bonds is 10. The molecule has 0 amide bonds. The van der Waals surface area contributed by atoms with Crippen LogP contribution in [0.1, 0.15) is 30.7 Å². The van der Waals surface area contributed by atoms with Crippen LogP contribution in [0.4, 0.5) is 16.2 Å². The topological polar surface area (TPSA) is 271 Å². The number of hydrogen-bond acceptors (Lipinski definition) is 17. The van der Waals surface area contributed by atoms with Crippen molar-refractivity contribution in [1.29, 1.82) is 0 Å². The van der Waals surface area contributed by atoms with Crippen LogP contribution in [0.5, 0.6) is 0 Å². The summed E-state index contributed by atoms with van der Waals surface area (Å²) in [4.78, 5) is 26.8. The van der Waals surface area contributed by atoms with Crippen molar-refractivity contribution in [2.45, 2.75) is 55.6 Å². The summed E-state index contributed by atoms with van der Waals surface area (Å²) in [6, 6.07) is 0. The van der Waals surface area contributed by atoms with Crippen molar-refractivity contribution in [1.82, 2.24) is 39.8 Å². The van der Waals surface area contributed by atoms with Gasteiger partial charge in [0.05, 0.1) is 32.0 Å². The second-order valence-corrected chi connectivity index (χ2v) is 14.5. The van der Waals surface area contributed by atoms with Crippen LogP contribution in [-0.4, -0.2) is 89.8 Å². The van der Waals surface area contributed by atoms with E-state index < -0.39 is 82.0 Å². The predicted octanol–water partition coefficient (Wildman–Crippen LogP) is -0.127. The first kappa shape index (κ1) is 31.5. The molecule has 3 unspecified atom stereocenters. The molecular weight excluding hydrogens is 671 g/mol. The van der Waals surface area contributed by atoms with Gasteiger partial charge in [-0.15, -0.1) is 5.10 Å². The Hall–Kier alpha value is -2.43. The highest BCUT2D eigenvalue weighted by molar-refractivity contribution is 8.44. The van der Waals surface area contributed by atoms with E-state index in [4.69, 9.17) is 34.5 Å². The summed E-state index contributed by atoms with van der Waals surface area (Å²) in [5.74, 6) is -0.0529. The smallest absolute Gasteiger partial charge is 0.386 e. The van der Waals surface area contributed by atoms with Gasteiger partial charge in [-0.25, -0.2) is 18.9 Å². The fourth-order valence-corrected chi connectivity index (χ4v) is 7.38. The summed E-state index contributed by atoms with van der Waals surface area (Å²) in [6.07, 6.45) is -7.28. The molecule has 2 fully saturated rings. The molecule has 44 heavy (non-hydrogen) atoms. The number of imidazole rings is 1. The number of aliphatic imine (C=N–C) groups is 1. The van der Waals surface area contributed by atoms with Crippen LogP contribution in [-0.2, 0) is 32.2 Å². The molecule has 10 atom stereocenters. The van der Waals surface area contributed by atoms with Crippen LogP contribution in [0.25, 0.3) is 11.2 Å². The summed E-state index contributed by atoms with van der Waals surface area (Å²) in [7, 11) is -2.98. The maximum atomic E-state index is 15.7. The molecule has 2 saturated heterocycles. The lowest BCUT2D eigenvalue weighted by Gasteiger charge is -2.24. The second-order valence-electron chi connectivity index (χ2n) is 9.75. The molecule has 0 aromatic carbocycles. The average Bonchev–Trinajstić information content (AvgIpc) is 3.73. The molecule has 240 valence electrons. The Kier molecular flexibility index (Phi) is 8.89. The average molecular weight is 698 g/mol. The SMILES string of the molecule is Nc1nc2c(ncn2[C@@H]2O[C@H](CO)C[C@H]2OP(=O)(S)OC[C@H]2O[C@@H](n3nnc4c3N=CNC4N)[C@@H](F)[C@@H]2O[PH](=O)S)c(=O)[nH]1. The Morgan fingerprint density at radius 1 is 1.34 bits per heavy atom. The number of halogens is 1. The molecule has 0 aliphatic carbocycles. The van der Waals surface area contributed by atoms with Crippen molar-refractivity contribution in [2.24, 2.45) is 10.7 Å². The van der Waals surface area contributed by atoms with E-state index in [1.165, 1.54) is 17.2 Å². The van der Waals surface area contributed by atoms with Crippen molar-refractivity contribution in [3.8, 4) is 0 Å². The Morgan fingerprint density at radius 2 is 2.14 bits per heavy atom. The standard InChI is InChI=1S/C19H26FN11O9P2S2/c20-9-12(39-41(34)43)8(38-18(9)31-14-10(28-29-31)13(21)23-4-24-14)3-36-42(35,44)40-7-1-6(2-32)37-17(7)30-5-25-11-15(30)26-19(22)27-16(11)33/h4-9,12-13,17-18,32,41H,1-3,21H2,(H,23,24)(H,34,43)(H,35,44)(H3,22,26,27,33)/t6-,7+,8+,9-,12+,13?,17+,18+,42?/m0/s1. The zero-order valence-corrected chi connectivity index (χ0v) is 25.8. The maximum absolute atomic E-state index is 15.7. The normalized spacial score (nSPS) is 32.0. The van der Waals surface area contributed by atoms with Crippen molar-refractivity contribution in [2.75, 3.05) is 18.9 Å². The van der Waals surface area contributed by atoms with Crippen LogP contribution in [0.2, 0.25) is 0 Å². The number of nitrogens with zero attached hydrogens (tertiary/aromatic N) is 7. The lowest BCUT2D eigenvalue weighted by molar-refractivity contribution is -0.0543. The van der Waals surface area contributed by atoms with Crippen molar-refractivity contribution in [3.05, 3.63) is 22.4 Å². The number of nitrogens with two attached hydrogens (primary N) is 2. The third kappa shape index (κ3) is 6.06. The number of thiol groups is 2. The summed E-state index contributed by atoms with van der Waals surface area (Å²) in [5, 5.41) is 20.3. The zero-order valence-electron chi connectivity index (χ0n) is 22.1. The first-order chi connectivity index (χ1) is 21.0. The van der Waals surface area contributed by atoms with Gasteiger partial charge >= 0.3 is 6.80 Å². The minimum absolute atomic E-state index is 0.0320. The molecule has 0 saturated carbocycles.